The van der Waals surface area contributed by atoms with E-state index in [9.17, 15) is 105 Å². The second-order valence-electron chi connectivity index (χ2n) is 7.31. The van der Waals surface area contributed by atoms with Crippen molar-refractivity contribution in [2.24, 2.45) is 0 Å². The van der Waals surface area contributed by atoms with E-state index >= 15 is 4.39 Å². The van der Waals surface area contributed by atoms with Crippen molar-refractivity contribution in [1.29, 1.82) is 0 Å². The van der Waals surface area contributed by atoms with E-state index in [2.05, 4.69) is 0 Å². The van der Waals surface area contributed by atoms with Gasteiger partial charge in [0.15, 0.2) is 0 Å². The van der Waals surface area contributed by atoms with Gasteiger partial charge < -0.3 is 15.3 Å². The summed E-state index contributed by atoms with van der Waals surface area (Å²) in [6.07, 6.45) is -35.9. The molecule has 0 aromatic rings. The zero-order valence-corrected chi connectivity index (χ0v) is 17.7. The largest absolute Gasteiger partial charge is 0.579 e. The number of quaternary nitrogens is 1. The van der Waals surface area contributed by atoms with E-state index in [1.807, 2.05) is 0 Å². The summed E-state index contributed by atoms with van der Waals surface area (Å²) in [7, 11) is 0. The summed E-state index contributed by atoms with van der Waals surface area (Å²) in [5.74, 6) is -76.8. The van der Waals surface area contributed by atoms with E-state index in [0.29, 0.717) is 0 Å². The number of alkyl halides is 25. The molecule has 0 rings (SSSR count). The van der Waals surface area contributed by atoms with Gasteiger partial charge in [-0.25, -0.2) is 0 Å². The summed E-state index contributed by atoms with van der Waals surface area (Å²) in [6, 6.07) is 0. The SMILES string of the molecule is OC(O)=C(O)C(F)(C(F)(F)C(F)(F)C(F)(F)C(F)(F)C(F)(F)C(F)(F)C(F)(F)F)[N+](C(F)(F)F)(C(F)(F)F)C(F)(F)F. The van der Waals surface area contributed by atoms with Crippen molar-refractivity contribution in [3.8, 4) is 0 Å². The molecular formula is C13H3F25NO3+. The van der Waals surface area contributed by atoms with Crippen LogP contribution in [0.2, 0.25) is 0 Å². The van der Waals surface area contributed by atoms with E-state index in [1.54, 1.807) is 0 Å². The van der Waals surface area contributed by atoms with Crippen molar-refractivity contribution in [2.45, 2.75) is 66.4 Å². The Morgan fingerprint density at radius 1 is 0.333 bits per heavy atom. The molecule has 1 unspecified atom stereocenters. The standard InChI is InChI=1S/C13H2F25NO3/c14-3(1(40)2(41)42,39(11(30,31)32,12(33,34)35)13(36,37)38)4(15,16)5(17,18)6(19,20)7(21,22)8(23,24)9(25,26)10(27,28)29/h(H2-,40,41,42)/p+1. The number of halogens is 25. The monoisotopic (exact) mass is 696 g/mol. The third kappa shape index (κ3) is 4.36. The Hall–Kier alpha value is -2.65. The molecule has 0 aromatic heterocycles. The predicted octanol–water partition coefficient (Wildman–Crippen LogP) is 8.25. The molecule has 0 saturated carbocycles. The van der Waals surface area contributed by atoms with Gasteiger partial charge in [-0.1, -0.05) is 0 Å². The van der Waals surface area contributed by atoms with Gasteiger partial charge in [-0.3, -0.25) is 0 Å². The summed E-state index contributed by atoms with van der Waals surface area (Å²) >= 11 is 0. The molecule has 42 heavy (non-hydrogen) atoms. The highest BCUT2D eigenvalue weighted by atomic mass is 19.5. The number of aliphatic hydroxyl groups excluding tert-OH is 2. The predicted molar refractivity (Wildman–Crippen MR) is 72.9 cm³/mol. The van der Waals surface area contributed by atoms with Crippen molar-refractivity contribution in [1.82, 2.24) is 0 Å². The minimum atomic E-state index is -9.93. The number of aliphatic hydroxyl groups is 3. The lowest BCUT2D eigenvalue weighted by molar-refractivity contribution is -1.21. The Morgan fingerprint density at radius 3 is 0.738 bits per heavy atom. The van der Waals surface area contributed by atoms with Gasteiger partial charge in [0, 0.05) is 0 Å². The molecule has 29 heteroatoms. The van der Waals surface area contributed by atoms with Crippen LogP contribution in [0, 0.1) is 0 Å². The average Bonchev–Trinajstić information content (AvgIpc) is 2.67. The molecule has 252 valence electrons. The van der Waals surface area contributed by atoms with Crippen LogP contribution in [-0.4, -0.2) is 86.2 Å². The van der Waals surface area contributed by atoms with Gasteiger partial charge in [-0.2, -0.15) is 70.2 Å². The maximum Gasteiger partial charge on any atom is 0.579 e. The van der Waals surface area contributed by atoms with E-state index in [0.717, 1.165) is 0 Å². The van der Waals surface area contributed by atoms with Crippen LogP contribution in [-0.2, 0) is 0 Å². The zero-order chi connectivity index (χ0) is 35.2. The number of hydrogen-bond acceptors (Lipinski definition) is 3. The fourth-order valence-electron chi connectivity index (χ4n) is 2.80. The molecular weight excluding hydrogens is 693 g/mol. The second-order valence-corrected chi connectivity index (χ2v) is 7.31. The molecule has 0 radical (unpaired) electrons. The third-order valence-electron chi connectivity index (χ3n) is 4.87. The Bertz CT molecular complexity index is 1000. The highest BCUT2D eigenvalue weighted by Crippen LogP contribution is 2.69. The Balaban J connectivity index is 8.49. The van der Waals surface area contributed by atoms with Gasteiger partial charge in [-0.15, -0.1) is 39.5 Å². The van der Waals surface area contributed by atoms with Crippen molar-refractivity contribution in [3.05, 3.63) is 11.7 Å². The van der Waals surface area contributed by atoms with Crippen LogP contribution in [0.3, 0.4) is 0 Å². The van der Waals surface area contributed by atoms with Crippen LogP contribution in [0.15, 0.2) is 11.7 Å². The number of rotatable bonds is 8. The fourth-order valence-corrected chi connectivity index (χ4v) is 2.80. The van der Waals surface area contributed by atoms with Gasteiger partial charge in [-0.05, 0) is 4.48 Å². The summed E-state index contributed by atoms with van der Waals surface area (Å²) in [6.45, 7) is 0. The first-order valence-electron chi connectivity index (χ1n) is 8.54. The Labute approximate surface area is 209 Å². The summed E-state index contributed by atoms with van der Waals surface area (Å²) in [4.78, 5) is 0. The molecule has 0 saturated heterocycles. The third-order valence-corrected chi connectivity index (χ3v) is 4.87. The van der Waals surface area contributed by atoms with Crippen molar-refractivity contribution in [3.63, 3.8) is 0 Å². The Morgan fingerprint density at radius 2 is 0.548 bits per heavy atom. The lowest BCUT2D eigenvalue weighted by Gasteiger charge is -2.50. The maximum absolute atomic E-state index is 15.0. The van der Waals surface area contributed by atoms with Crippen LogP contribution in [0.25, 0.3) is 0 Å². The van der Waals surface area contributed by atoms with E-state index in [1.165, 1.54) is 0 Å². The normalized spacial score (nSPS) is 17.6. The minimum absolute atomic E-state index is 4.53. The van der Waals surface area contributed by atoms with Gasteiger partial charge in [0.1, 0.15) is 0 Å². The first-order chi connectivity index (χ1) is 17.6. The smallest absolute Gasteiger partial charge is 0.499 e. The minimum Gasteiger partial charge on any atom is -0.499 e. The number of nitrogens with zero attached hydrogens (tertiary/aromatic N) is 1. The van der Waals surface area contributed by atoms with E-state index in [-0.39, 0.29) is 0 Å². The zero-order valence-electron chi connectivity index (χ0n) is 17.7. The molecule has 0 spiro atoms. The average molecular weight is 696 g/mol. The molecule has 0 aromatic carbocycles. The molecule has 0 aliphatic rings. The molecule has 1 atom stereocenters. The molecule has 3 N–H and O–H groups in total. The van der Waals surface area contributed by atoms with E-state index in [4.69, 9.17) is 15.3 Å². The van der Waals surface area contributed by atoms with Crippen LogP contribution in [0.5, 0.6) is 0 Å². The lowest BCUT2D eigenvalue weighted by atomic mass is 9.85. The molecule has 0 aliphatic heterocycles. The van der Waals surface area contributed by atoms with Crippen molar-refractivity contribution < 1.29 is 130 Å². The van der Waals surface area contributed by atoms with Gasteiger partial charge in [0.05, 0.1) is 0 Å². The Kier molecular flexibility index (Phi) is 8.83. The fraction of sp³-hybridized carbons (Fsp3) is 0.846. The summed E-state index contributed by atoms with van der Waals surface area (Å²) in [5, 5.41) is 25.1. The number of hydrogen-bond donors (Lipinski definition) is 3. The molecule has 0 fully saturated rings. The highest BCUT2D eigenvalue weighted by molar-refractivity contribution is 5.21. The molecule has 0 amide bonds. The lowest BCUT2D eigenvalue weighted by Crippen LogP contribution is -2.88. The van der Waals surface area contributed by atoms with Crippen LogP contribution in [0.4, 0.5) is 110 Å². The summed E-state index contributed by atoms with van der Waals surface area (Å²) < 4.78 is 324. The quantitative estimate of drug-likeness (QED) is 0.104. The molecule has 4 nitrogen and oxygen atoms in total. The van der Waals surface area contributed by atoms with Crippen molar-refractivity contribution in [2.75, 3.05) is 0 Å². The first-order valence-corrected chi connectivity index (χ1v) is 8.54. The maximum atomic E-state index is 15.0. The van der Waals surface area contributed by atoms with Gasteiger partial charge in [0.2, 0.25) is 0 Å². The second kappa shape index (κ2) is 9.42. The van der Waals surface area contributed by atoms with Crippen LogP contribution >= 0.6 is 0 Å². The van der Waals surface area contributed by atoms with Crippen molar-refractivity contribution >= 4 is 0 Å². The van der Waals surface area contributed by atoms with Gasteiger partial charge in [0.25, 0.3) is 5.76 Å². The van der Waals surface area contributed by atoms with Crippen LogP contribution < -0.4 is 0 Å². The molecule has 0 aliphatic carbocycles. The van der Waals surface area contributed by atoms with E-state index < -0.39 is 82.6 Å². The first kappa shape index (κ1) is 39.4. The highest BCUT2D eigenvalue weighted by Gasteiger charge is 3.04. The molecule has 0 heterocycles. The van der Waals surface area contributed by atoms with Gasteiger partial charge >= 0.3 is 72.4 Å². The molecule has 0 bridgehead atoms. The van der Waals surface area contributed by atoms with Crippen LogP contribution in [0.1, 0.15) is 0 Å². The summed E-state index contributed by atoms with van der Waals surface area (Å²) in [5.41, 5.74) is 0. The topological polar surface area (TPSA) is 60.7 Å².